The second kappa shape index (κ2) is 6.76. The van der Waals surface area contributed by atoms with Crippen LogP contribution in [0.25, 0.3) is 0 Å². The van der Waals surface area contributed by atoms with Gasteiger partial charge in [-0.2, -0.15) is 0 Å². The van der Waals surface area contributed by atoms with Crippen LogP contribution >= 0.6 is 0 Å². The van der Waals surface area contributed by atoms with Crippen molar-refractivity contribution in [3.05, 3.63) is 53.2 Å². The molecule has 2 aromatic rings. The molecule has 0 atom stereocenters. The van der Waals surface area contributed by atoms with Crippen molar-refractivity contribution in [2.75, 3.05) is 42.6 Å². The standard InChI is InChI=1S/C19H19N3O4/c23-18(15-2-1-6-20-17(15)21-8-10-26-11-9-21)22-7-5-13-3-4-14(19(24)25)12-16(13)22/h1-4,6,12H,5,7-11H2,(H,24,25). The highest BCUT2D eigenvalue weighted by Crippen LogP contribution is 2.32. The minimum absolute atomic E-state index is 0.152. The lowest BCUT2D eigenvalue weighted by Gasteiger charge is -2.30. The average Bonchev–Trinajstić information content (AvgIpc) is 3.11. The molecule has 7 heteroatoms. The highest BCUT2D eigenvalue weighted by molar-refractivity contribution is 6.10. The molecule has 0 aliphatic carbocycles. The maximum Gasteiger partial charge on any atom is 0.335 e. The number of carbonyl (C=O) groups is 2. The molecule has 0 unspecified atom stereocenters. The van der Waals surface area contributed by atoms with Crippen molar-refractivity contribution in [1.82, 2.24) is 4.98 Å². The van der Waals surface area contributed by atoms with Gasteiger partial charge in [0.05, 0.1) is 24.3 Å². The zero-order valence-electron chi connectivity index (χ0n) is 14.2. The van der Waals surface area contributed by atoms with Crippen molar-refractivity contribution in [3.63, 3.8) is 0 Å². The highest BCUT2D eigenvalue weighted by atomic mass is 16.5. The summed E-state index contributed by atoms with van der Waals surface area (Å²) in [7, 11) is 0. The van der Waals surface area contributed by atoms with Crippen LogP contribution in [-0.2, 0) is 11.2 Å². The van der Waals surface area contributed by atoms with Crippen molar-refractivity contribution in [3.8, 4) is 0 Å². The first-order valence-corrected chi connectivity index (χ1v) is 8.61. The van der Waals surface area contributed by atoms with Crippen LogP contribution in [0.2, 0.25) is 0 Å². The SMILES string of the molecule is O=C(O)c1ccc2c(c1)N(C(=O)c1cccnc1N1CCOCC1)CC2. The molecular weight excluding hydrogens is 334 g/mol. The molecular formula is C19H19N3O4. The third-order valence-corrected chi connectivity index (χ3v) is 4.80. The van der Waals surface area contributed by atoms with Gasteiger partial charge < -0.3 is 19.6 Å². The van der Waals surface area contributed by atoms with Crippen LogP contribution in [0.15, 0.2) is 36.5 Å². The number of morpholine rings is 1. The molecule has 1 N–H and O–H groups in total. The van der Waals surface area contributed by atoms with Gasteiger partial charge in [-0.1, -0.05) is 6.07 Å². The molecule has 134 valence electrons. The predicted molar refractivity (Wildman–Crippen MR) is 96.1 cm³/mol. The number of carboxylic acids is 1. The third-order valence-electron chi connectivity index (χ3n) is 4.80. The number of ether oxygens (including phenoxy) is 1. The summed E-state index contributed by atoms with van der Waals surface area (Å²) in [5.74, 6) is -0.494. The van der Waals surface area contributed by atoms with Crippen LogP contribution in [-0.4, -0.2) is 54.8 Å². The van der Waals surface area contributed by atoms with Crippen molar-refractivity contribution >= 4 is 23.4 Å². The van der Waals surface area contributed by atoms with Crippen molar-refractivity contribution < 1.29 is 19.4 Å². The number of carbonyl (C=O) groups excluding carboxylic acids is 1. The minimum atomic E-state index is -0.998. The molecule has 2 aliphatic heterocycles. The zero-order chi connectivity index (χ0) is 18.1. The summed E-state index contributed by atoms with van der Waals surface area (Å²) in [6.45, 7) is 3.14. The number of amides is 1. The molecule has 4 rings (SSSR count). The van der Waals surface area contributed by atoms with Gasteiger partial charge >= 0.3 is 5.97 Å². The van der Waals surface area contributed by atoms with Crippen LogP contribution in [0.3, 0.4) is 0 Å². The van der Waals surface area contributed by atoms with Gasteiger partial charge in [-0.3, -0.25) is 4.79 Å². The molecule has 26 heavy (non-hydrogen) atoms. The number of pyridine rings is 1. The van der Waals surface area contributed by atoms with Gasteiger partial charge in [0.2, 0.25) is 0 Å². The van der Waals surface area contributed by atoms with Gasteiger partial charge in [0.25, 0.3) is 5.91 Å². The second-order valence-electron chi connectivity index (χ2n) is 6.33. The van der Waals surface area contributed by atoms with Gasteiger partial charge in [-0.15, -0.1) is 0 Å². The van der Waals surface area contributed by atoms with Crippen molar-refractivity contribution in [2.24, 2.45) is 0 Å². The minimum Gasteiger partial charge on any atom is -0.478 e. The van der Waals surface area contributed by atoms with E-state index in [0.717, 1.165) is 5.56 Å². The molecule has 0 radical (unpaired) electrons. The third kappa shape index (κ3) is 2.90. The Bertz CT molecular complexity index is 862. The van der Waals surface area contributed by atoms with Crippen LogP contribution in [0.5, 0.6) is 0 Å². The van der Waals surface area contributed by atoms with Gasteiger partial charge in [0, 0.05) is 31.5 Å². The van der Waals surface area contributed by atoms with Gasteiger partial charge in [-0.25, -0.2) is 9.78 Å². The topological polar surface area (TPSA) is 83.0 Å². The van der Waals surface area contributed by atoms with E-state index in [0.29, 0.717) is 56.3 Å². The van der Waals surface area contributed by atoms with E-state index in [1.165, 1.54) is 0 Å². The summed E-state index contributed by atoms with van der Waals surface area (Å²) < 4.78 is 5.38. The highest BCUT2D eigenvalue weighted by Gasteiger charge is 2.29. The number of aromatic nitrogens is 1. The quantitative estimate of drug-likeness (QED) is 0.906. The molecule has 3 heterocycles. The summed E-state index contributed by atoms with van der Waals surface area (Å²) in [5, 5.41) is 9.24. The maximum absolute atomic E-state index is 13.2. The molecule has 1 amide bonds. The number of nitrogens with zero attached hydrogens (tertiary/aromatic N) is 3. The van der Waals surface area contributed by atoms with Gasteiger partial charge in [0.15, 0.2) is 0 Å². The largest absolute Gasteiger partial charge is 0.478 e. The van der Waals surface area contributed by atoms with Gasteiger partial charge in [0.1, 0.15) is 5.82 Å². The monoisotopic (exact) mass is 353 g/mol. The predicted octanol–water partition coefficient (Wildman–Crippen LogP) is 1.82. The molecule has 2 aliphatic rings. The number of hydrogen-bond acceptors (Lipinski definition) is 5. The summed E-state index contributed by atoms with van der Waals surface area (Å²) in [5.41, 5.74) is 2.37. The lowest BCUT2D eigenvalue weighted by molar-refractivity contribution is 0.0696. The average molecular weight is 353 g/mol. The summed E-state index contributed by atoms with van der Waals surface area (Å²) >= 11 is 0. The first-order valence-electron chi connectivity index (χ1n) is 8.61. The first kappa shape index (κ1) is 16.5. The van der Waals surface area contributed by atoms with E-state index < -0.39 is 5.97 Å². The number of rotatable bonds is 3. The first-order chi connectivity index (χ1) is 12.6. The zero-order valence-corrected chi connectivity index (χ0v) is 14.2. The molecule has 1 aromatic carbocycles. The molecule has 1 aromatic heterocycles. The molecule has 7 nitrogen and oxygen atoms in total. The summed E-state index contributed by atoms with van der Waals surface area (Å²) in [4.78, 5) is 32.6. The fourth-order valence-corrected chi connectivity index (χ4v) is 3.46. The molecule has 1 saturated heterocycles. The molecule has 1 fully saturated rings. The number of carboxylic acid groups (broad SMARTS) is 1. The summed E-state index contributed by atoms with van der Waals surface area (Å²) in [6.07, 6.45) is 2.40. The maximum atomic E-state index is 13.2. The Labute approximate surface area is 150 Å². The van der Waals surface area contributed by atoms with E-state index in [1.807, 2.05) is 0 Å². The Morgan fingerprint density at radius 1 is 1.12 bits per heavy atom. The Morgan fingerprint density at radius 2 is 1.92 bits per heavy atom. The second-order valence-corrected chi connectivity index (χ2v) is 6.33. The molecule has 0 spiro atoms. The number of fused-ring (bicyclic) bond motifs is 1. The number of anilines is 2. The lowest BCUT2D eigenvalue weighted by Crippen LogP contribution is -2.39. The normalized spacial score (nSPS) is 16.5. The van der Waals surface area contributed by atoms with Crippen molar-refractivity contribution in [2.45, 2.75) is 6.42 Å². The van der Waals surface area contributed by atoms with Crippen LogP contribution in [0.4, 0.5) is 11.5 Å². The fraction of sp³-hybridized carbons (Fsp3) is 0.316. The Morgan fingerprint density at radius 3 is 2.69 bits per heavy atom. The van der Waals surface area contributed by atoms with Gasteiger partial charge in [-0.05, 0) is 36.2 Å². The Hall–Kier alpha value is -2.93. The van der Waals surface area contributed by atoms with E-state index in [4.69, 9.17) is 4.74 Å². The lowest BCUT2D eigenvalue weighted by atomic mass is 10.1. The van der Waals surface area contributed by atoms with E-state index >= 15 is 0 Å². The number of aromatic carboxylic acids is 1. The van der Waals surface area contributed by atoms with Crippen LogP contribution in [0.1, 0.15) is 26.3 Å². The Kier molecular flexibility index (Phi) is 4.30. The van der Waals surface area contributed by atoms with Crippen LogP contribution < -0.4 is 9.80 Å². The van der Waals surface area contributed by atoms with Crippen LogP contribution in [0, 0.1) is 0 Å². The molecule has 0 bridgehead atoms. The van der Waals surface area contributed by atoms with E-state index in [9.17, 15) is 14.7 Å². The smallest absolute Gasteiger partial charge is 0.335 e. The van der Waals surface area contributed by atoms with Crippen molar-refractivity contribution in [1.29, 1.82) is 0 Å². The Balaban J connectivity index is 1.68. The summed E-state index contributed by atoms with van der Waals surface area (Å²) in [6, 6.07) is 8.48. The van der Waals surface area contributed by atoms with E-state index in [-0.39, 0.29) is 11.5 Å². The molecule has 0 saturated carbocycles. The number of benzene rings is 1. The van der Waals surface area contributed by atoms with E-state index in [2.05, 4.69) is 9.88 Å². The van der Waals surface area contributed by atoms with E-state index in [1.54, 1.807) is 41.4 Å². The fourth-order valence-electron chi connectivity index (χ4n) is 3.46. The number of hydrogen-bond donors (Lipinski definition) is 1.